The molecule has 2 rings (SSSR count). The van der Waals surface area contributed by atoms with Gasteiger partial charge in [-0.05, 0) is 30.7 Å². The highest BCUT2D eigenvalue weighted by Gasteiger charge is 2.05. The van der Waals surface area contributed by atoms with Gasteiger partial charge in [-0.2, -0.15) is 5.26 Å². The lowest BCUT2D eigenvalue weighted by atomic mass is 10.0. The smallest absolute Gasteiger partial charge is 0.121 e. The normalized spacial score (nSPS) is 9.83. The van der Waals surface area contributed by atoms with Gasteiger partial charge in [0.2, 0.25) is 0 Å². The minimum atomic E-state index is 0.479. The third-order valence-electron chi connectivity index (χ3n) is 2.76. The van der Waals surface area contributed by atoms with Crippen LogP contribution < -0.4 is 4.74 Å². The summed E-state index contributed by atoms with van der Waals surface area (Å²) in [4.78, 5) is 3.05. The van der Waals surface area contributed by atoms with Crippen LogP contribution in [0.5, 0.6) is 5.75 Å². The summed E-state index contributed by atoms with van der Waals surface area (Å²) in [6.07, 6.45) is 0. The molecule has 0 bridgehead atoms. The Morgan fingerprint density at radius 3 is 2.50 bits per heavy atom. The van der Waals surface area contributed by atoms with E-state index >= 15 is 0 Å². The van der Waals surface area contributed by atoms with Crippen molar-refractivity contribution in [1.29, 1.82) is 5.26 Å². The van der Waals surface area contributed by atoms with Crippen LogP contribution in [0.15, 0.2) is 30.3 Å². The molecule has 18 heavy (non-hydrogen) atoms. The van der Waals surface area contributed by atoms with Crippen molar-refractivity contribution in [2.24, 2.45) is 0 Å². The van der Waals surface area contributed by atoms with E-state index < -0.39 is 0 Å². The van der Waals surface area contributed by atoms with E-state index in [1.54, 1.807) is 7.11 Å². The molecule has 0 saturated heterocycles. The van der Waals surface area contributed by atoms with Gasteiger partial charge in [0.05, 0.1) is 12.7 Å². The van der Waals surface area contributed by atoms with Crippen molar-refractivity contribution in [3.63, 3.8) is 0 Å². The summed E-state index contributed by atoms with van der Waals surface area (Å²) in [5.41, 5.74) is 3.43. The van der Waals surface area contributed by atoms with Gasteiger partial charge in [0, 0.05) is 11.3 Å². The molecule has 0 aliphatic rings. The fraction of sp³-hybridized carbons (Fsp3) is 0.143. The highest BCUT2D eigenvalue weighted by atomic mass is 32.1. The molecule has 1 aromatic carbocycles. The number of methoxy groups -OCH3 is 1. The maximum Gasteiger partial charge on any atom is 0.121 e. The first kappa shape index (κ1) is 12.3. The number of ether oxygens (including phenoxy) is 1. The maximum absolute atomic E-state index is 9.01. The van der Waals surface area contributed by atoms with Crippen molar-refractivity contribution in [3.8, 4) is 22.9 Å². The first-order valence-electron chi connectivity index (χ1n) is 5.44. The van der Waals surface area contributed by atoms with Crippen LogP contribution in [0.1, 0.15) is 11.3 Å². The van der Waals surface area contributed by atoms with Crippen molar-refractivity contribution >= 4 is 12.2 Å². The minimum absolute atomic E-state index is 0.479. The SMILES string of the molecule is COc1ccc(-c2cc(C#N)c(=S)[nH]c2C)cc1. The Labute approximate surface area is 111 Å². The number of hydrogen-bond donors (Lipinski definition) is 1. The van der Waals surface area contributed by atoms with Crippen LogP contribution in [0.3, 0.4) is 0 Å². The number of aromatic amines is 1. The molecule has 1 heterocycles. The van der Waals surface area contributed by atoms with E-state index in [1.165, 1.54) is 0 Å². The van der Waals surface area contributed by atoms with Crippen LogP contribution in [0.4, 0.5) is 0 Å². The zero-order valence-electron chi connectivity index (χ0n) is 10.2. The molecule has 0 saturated carbocycles. The predicted molar refractivity (Wildman–Crippen MR) is 73.1 cm³/mol. The van der Waals surface area contributed by atoms with E-state index in [0.29, 0.717) is 10.2 Å². The van der Waals surface area contributed by atoms with Crippen LogP contribution in [-0.4, -0.2) is 12.1 Å². The molecule has 0 spiro atoms. The van der Waals surface area contributed by atoms with Crippen molar-refractivity contribution in [3.05, 3.63) is 46.2 Å². The lowest BCUT2D eigenvalue weighted by molar-refractivity contribution is 0.415. The Kier molecular flexibility index (Phi) is 3.45. The quantitative estimate of drug-likeness (QED) is 0.835. The number of aromatic nitrogens is 1. The predicted octanol–water partition coefficient (Wildman–Crippen LogP) is 3.60. The highest BCUT2D eigenvalue weighted by molar-refractivity contribution is 7.71. The molecule has 0 radical (unpaired) electrons. The molecule has 1 aromatic heterocycles. The molecule has 0 amide bonds. The lowest BCUT2D eigenvalue weighted by Gasteiger charge is -2.08. The zero-order chi connectivity index (χ0) is 13.1. The van der Waals surface area contributed by atoms with Gasteiger partial charge in [-0.15, -0.1) is 0 Å². The molecule has 90 valence electrons. The molecule has 2 aromatic rings. The third kappa shape index (κ3) is 2.27. The number of hydrogen-bond acceptors (Lipinski definition) is 3. The Bertz CT molecular complexity index is 666. The number of rotatable bonds is 2. The Hall–Kier alpha value is -2.12. The van der Waals surface area contributed by atoms with Crippen molar-refractivity contribution < 1.29 is 4.74 Å². The van der Waals surface area contributed by atoms with E-state index in [4.69, 9.17) is 22.2 Å². The molecule has 0 aliphatic heterocycles. The van der Waals surface area contributed by atoms with E-state index in [9.17, 15) is 0 Å². The topological polar surface area (TPSA) is 48.8 Å². The van der Waals surface area contributed by atoms with E-state index in [-0.39, 0.29) is 0 Å². The number of benzene rings is 1. The van der Waals surface area contributed by atoms with Gasteiger partial charge < -0.3 is 9.72 Å². The van der Waals surface area contributed by atoms with Gasteiger partial charge in [0.25, 0.3) is 0 Å². The van der Waals surface area contributed by atoms with Gasteiger partial charge in [0.15, 0.2) is 0 Å². The van der Waals surface area contributed by atoms with Crippen LogP contribution in [0.25, 0.3) is 11.1 Å². The molecule has 4 heteroatoms. The van der Waals surface area contributed by atoms with E-state index in [2.05, 4.69) is 11.1 Å². The fourth-order valence-corrected chi connectivity index (χ4v) is 2.03. The first-order valence-corrected chi connectivity index (χ1v) is 5.85. The standard InChI is InChI=1S/C14H12N2OS/c1-9-13(7-11(8-15)14(18)16-9)10-3-5-12(17-2)6-4-10/h3-7H,1-2H3,(H,16,18). The summed E-state index contributed by atoms with van der Waals surface area (Å²) < 4.78 is 5.60. The third-order valence-corrected chi connectivity index (χ3v) is 3.08. The monoisotopic (exact) mass is 256 g/mol. The second-order valence-corrected chi connectivity index (χ2v) is 4.30. The number of H-pyrrole nitrogens is 1. The second-order valence-electron chi connectivity index (χ2n) is 3.89. The van der Waals surface area contributed by atoms with Crippen molar-refractivity contribution in [2.75, 3.05) is 7.11 Å². The van der Waals surface area contributed by atoms with Gasteiger partial charge >= 0.3 is 0 Å². The molecule has 0 fully saturated rings. The van der Waals surface area contributed by atoms with Gasteiger partial charge in [-0.25, -0.2) is 0 Å². The molecule has 3 nitrogen and oxygen atoms in total. The van der Waals surface area contributed by atoms with E-state index in [0.717, 1.165) is 22.6 Å². The molecule has 0 unspecified atom stereocenters. The van der Waals surface area contributed by atoms with Gasteiger partial charge in [-0.1, -0.05) is 24.4 Å². The highest BCUT2D eigenvalue weighted by Crippen LogP contribution is 2.25. The summed E-state index contributed by atoms with van der Waals surface area (Å²) in [7, 11) is 1.63. The Morgan fingerprint density at radius 2 is 1.94 bits per heavy atom. The van der Waals surface area contributed by atoms with Crippen LogP contribution in [-0.2, 0) is 0 Å². The van der Waals surface area contributed by atoms with Crippen molar-refractivity contribution in [1.82, 2.24) is 4.98 Å². The summed E-state index contributed by atoms with van der Waals surface area (Å²) in [6.45, 7) is 1.94. The number of pyridine rings is 1. The number of aryl methyl sites for hydroxylation is 1. The molecular weight excluding hydrogens is 244 g/mol. The van der Waals surface area contributed by atoms with Crippen LogP contribution in [0.2, 0.25) is 0 Å². The average molecular weight is 256 g/mol. The van der Waals surface area contributed by atoms with Gasteiger partial charge in [-0.3, -0.25) is 0 Å². The van der Waals surface area contributed by atoms with Crippen molar-refractivity contribution in [2.45, 2.75) is 6.92 Å². The molecular formula is C14H12N2OS. The minimum Gasteiger partial charge on any atom is -0.497 e. The summed E-state index contributed by atoms with van der Waals surface area (Å²) >= 11 is 5.09. The summed E-state index contributed by atoms with van der Waals surface area (Å²) in [5, 5.41) is 9.01. The summed E-state index contributed by atoms with van der Waals surface area (Å²) in [5.74, 6) is 0.806. The average Bonchev–Trinajstić information content (AvgIpc) is 2.39. The molecule has 0 aliphatic carbocycles. The first-order chi connectivity index (χ1) is 8.65. The summed E-state index contributed by atoms with van der Waals surface area (Å²) in [6, 6.07) is 11.6. The number of nitriles is 1. The zero-order valence-corrected chi connectivity index (χ0v) is 11.0. The Morgan fingerprint density at radius 1 is 1.28 bits per heavy atom. The van der Waals surface area contributed by atoms with E-state index in [1.807, 2.05) is 37.3 Å². The molecule has 1 N–H and O–H groups in total. The van der Waals surface area contributed by atoms with Gasteiger partial charge in [0.1, 0.15) is 16.5 Å². The second kappa shape index (κ2) is 5.03. The van der Waals surface area contributed by atoms with Crippen LogP contribution >= 0.6 is 12.2 Å². The lowest BCUT2D eigenvalue weighted by Crippen LogP contribution is -1.92. The molecule has 0 atom stereocenters. The largest absolute Gasteiger partial charge is 0.497 e. The maximum atomic E-state index is 9.01. The number of nitrogens with zero attached hydrogens (tertiary/aromatic N) is 1. The Balaban J connectivity index is 2.56. The van der Waals surface area contributed by atoms with Crippen LogP contribution in [0, 0.1) is 22.9 Å². The number of nitrogens with one attached hydrogen (secondary N) is 1. The fourth-order valence-electron chi connectivity index (χ4n) is 1.78.